The van der Waals surface area contributed by atoms with E-state index >= 15 is 0 Å². The molecular weight excluding hydrogens is 152 g/mol. The molecule has 0 aliphatic carbocycles. The van der Waals surface area contributed by atoms with Crippen LogP contribution in [0.15, 0.2) is 0 Å². The molecule has 5 heteroatoms. The van der Waals surface area contributed by atoms with E-state index < -0.39 is 11.9 Å². The lowest BCUT2D eigenvalue weighted by Gasteiger charge is -1.96. The van der Waals surface area contributed by atoms with Gasteiger partial charge in [0.1, 0.15) is 0 Å². The molecule has 1 fully saturated rings. The van der Waals surface area contributed by atoms with Crippen LogP contribution in [-0.4, -0.2) is 11.9 Å². The van der Waals surface area contributed by atoms with Crippen molar-refractivity contribution in [3.05, 3.63) is 0 Å². The van der Waals surface area contributed by atoms with Gasteiger partial charge < -0.3 is 0 Å². The van der Waals surface area contributed by atoms with Gasteiger partial charge in [-0.1, -0.05) is 0 Å². The molecule has 0 N–H and O–H groups in total. The van der Waals surface area contributed by atoms with E-state index in [-0.39, 0.29) is 12.8 Å². The first kappa shape index (κ1) is 8.00. The quantitative estimate of drug-likeness (QED) is 0.482. The van der Waals surface area contributed by atoms with Gasteiger partial charge in [-0.2, -0.15) is 0 Å². The Kier molecular flexibility index (Phi) is 2.85. The summed E-state index contributed by atoms with van der Waals surface area (Å²) in [6.07, 6.45) is 1.77. The molecule has 0 aromatic carbocycles. The van der Waals surface area contributed by atoms with E-state index in [1.54, 1.807) is 0 Å². The predicted molar refractivity (Wildman–Crippen MR) is 31.7 cm³/mol. The van der Waals surface area contributed by atoms with Crippen molar-refractivity contribution in [2.24, 2.45) is 0 Å². The summed E-state index contributed by atoms with van der Waals surface area (Å²) >= 11 is 0. The molecule has 0 bridgehead atoms. The van der Waals surface area contributed by atoms with Crippen molar-refractivity contribution in [2.75, 3.05) is 0 Å². The number of hydrogen-bond donors (Lipinski definition) is 0. The van der Waals surface area contributed by atoms with Gasteiger partial charge in [-0.3, -0.25) is 9.78 Å². The molecule has 1 aliphatic heterocycles. The first-order chi connectivity index (χ1) is 5.29. The van der Waals surface area contributed by atoms with Gasteiger partial charge in [0, 0.05) is 17.9 Å². The summed E-state index contributed by atoms with van der Waals surface area (Å²) in [6, 6.07) is 0. The highest BCUT2D eigenvalue weighted by atomic mass is 17.5. The minimum Gasteiger partial charge on any atom is -0.260 e. The molecule has 0 saturated carbocycles. The molecule has 1 aliphatic rings. The summed E-state index contributed by atoms with van der Waals surface area (Å²) in [5, 5.41) is 3.88. The van der Waals surface area contributed by atoms with Crippen LogP contribution in [0.1, 0.15) is 25.7 Å². The molecular formula is C6H8O5. The van der Waals surface area contributed by atoms with Crippen molar-refractivity contribution in [3.63, 3.8) is 0 Å². The zero-order valence-electron chi connectivity index (χ0n) is 5.87. The zero-order chi connectivity index (χ0) is 8.10. The smallest absolute Gasteiger partial charge is 0.260 e. The third-order valence-electron chi connectivity index (χ3n) is 1.27. The minimum absolute atomic E-state index is 0.261. The SMILES string of the molecule is O=C1CCCCC(=O)OOO1. The van der Waals surface area contributed by atoms with Gasteiger partial charge in [-0.25, -0.2) is 9.59 Å². The average molecular weight is 160 g/mol. The molecule has 0 atom stereocenters. The summed E-state index contributed by atoms with van der Waals surface area (Å²) in [4.78, 5) is 29.2. The number of carbonyl (C=O) groups is 2. The summed E-state index contributed by atoms with van der Waals surface area (Å²) < 4.78 is 0. The maximum absolute atomic E-state index is 10.6. The van der Waals surface area contributed by atoms with Crippen molar-refractivity contribution in [3.8, 4) is 0 Å². The molecule has 0 amide bonds. The largest absolute Gasteiger partial charge is 0.346 e. The van der Waals surface area contributed by atoms with Crippen LogP contribution >= 0.6 is 0 Å². The average Bonchev–Trinajstić information content (AvgIpc) is 2.04. The Bertz CT molecular complexity index is 146. The molecule has 0 spiro atoms. The molecule has 0 unspecified atom stereocenters. The normalized spacial score (nSPS) is 20.7. The number of carbonyl (C=O) groups excluding carboxylic acids is 2. The second kappa shape index (κ2) is 3.92. The van der Waals surface area contributed by atoms with E-state index in [9.17, 15) is 9.59 Å². The third kappa shape index (κ3) is 2.99. The zero-order valence-corrected chi connectivity index (χ0v) is 5.87. The van der Waals surface area contributed by atoms with Crippen molar-refractivity contribution in [2.45, 2.75) is 25.7 Å². The Hall–Kier alpha value is -1.10. The molecule has 5 nitrogen and oxygen atoms in total. The maximum Gasteiger partial charge on any atom is 0.346 e. The van der Waals surface area contributed by atoms with E-state index in [2.05, 4.69) is 14.8 Å². The van der Waals surface area contributed by atoms with Crippen molar-refractivity contribution in [1.82, 2.24) is 0 Å². The Morgan fingerprint density at radius 2 is 1.36 bits per heavy atom. The standard InChI is InChI=1S/C6H8O5/c7-5-3-1-2-4-6(8)10-11-9-5/h1-4H2. The maximum atomic E-state index is 10.6. The van der Waals surface area contributed by atoms with Crippen LogP contribution in [0.2, 0.25) is 0 Å². The van der Waals surface area contributed by atoms with Crippen molar-refractivity contribution >= 4 is 11.9 Å². The topological polar surface area (TPSA) is 61.8 Å². The summed E-state index contributed by atoms with van der Waals surface area (Å²) in [7, 11) is 0. The van der Waals surface area contributed by atoms with Crippen molar-refractivity contribution < 1.29 is 24.4 Å². The highest BCUT2D eigenvalue weighted by Crippen LogP contribution is 2.06. The molecule has 1 rings (SSSR count). The lowest BCUT2D eigenvalue weighted by molar-refractivity contribution is -0.459. The van der Waals surface area contributed by atoms with E-state index in [1.807, 2.05) is 0 Å². The third-order valence-corrected chi connectivity index (χ3v) is 1.27. The van der Waals surface area contributed by atoms with Crippen LogP contribution < -0.4 is 0 Å². The van der Waals surface area contributed by atoms with Gasteiger partial charge in [0.25, 0.3) is 0 Å². The molecule has 0 aromatic heterocycles. The molecule has 11 heavy (non-hydrogen) atoms. The summed E-state index contributed by atoms with van der Waals surface area (Å²) in [5.41, 5.74) is 0. The summed E-state index contributed by atoms with van der Waals surface area (Å²) in [5.74, 6) is -1.03. The summed E-state index contributed by atoms with van der Waals surface area (Å²) in [6.45, 7) is 0. The van der Waals surface area contributed by atoms with Crippen LogP contribution in [0.4, 0.5) is 0 Å². The molecule has 1 saturated heterocycles. The Morgan fingerprint density at radius 1 is 0.909 bits per heavy atom. The first-order valence-corrected chi connectivity index (χ1v) is 3.36. The van der Waals surface area contributed by atoms with Crippen molar-refractivity contribution in [1.29, 1.82) is 0 Å². The first-order valence-electron chi connectivity index (χ1n) is 3.36. The van der Waals surface area contributed by atoms with E-state index in [4.69, 9.17) is 0 Å². The monoisotopic (exact) mass is 160 g/mol. The molecule has 1 heterocycles. The fourth-order valence-electron chi connectivity index (χ4n) is 0.715. The Balaban J connectivity index is 2.35. The minimum atomic E-state index is -0.514. The fourth-order valence-corrected chi connectivity index (χ4v) is 0.715. The molecule has 0 aromatic rings. The van der Waals surface area contributed by atoms with Crippen LogP contribution in [0.5, 0.6) is 0 Å². The second-order valence-corrected chi connectivity index (χ2v) is 2.19. The fraction of sp³-hybridized carbons (Fsp3) is 0.667. The van der Waals surface area contributed by atoms with Crippen LogP contribution in [-0.2, 0) is 24.4 Å². The van der Waals surface area contributed by atoms with Gasteiger partial charge in [-0.15, -0.1) is 0 Å². The number of rotatable bonds is 0. The van der Waals surface area contributed by atoms with Gasteiger partial charge in [-0.05, 0) is 12.8 Å². The van der Waals surface area contributed by atoms with Crippen LogP contribution in [0, 0.1) is 0 Å². The van der Waals surface area contributed by atoms with E-state index in [0.717, 1.165) is 0 Å². The second-order valence-electron chi connectivity index (χ2n) is 2.19. The lowest BCUT2D eigenvalue weighted by atomic mass is 10.2. The van der Waals surface area contributed by atoms with Gasteiger partial charge in [0.2, 0.25) is 0 Å². The molecule has 0 radical (unpaired) electrons. The van der Waals surface area contributed by atoms with E-state index in [0.29, 0.717) is 12.8 Å². The predicted octanol–water partition coefficient (Wildman–Crippen LogP) is 0.493. The lowest BCUT2D eigenvalue weighted by Crippen LogP contribution is -2.07. The van der Waals surface area contributed by atoms with Gasteiger partial charge in [0.15, 0.2) is 0 Å². The van der Waals surface area contributed by atoms with Crippen LogP contribution in [0.3, 0.4) is 0 Å². The highest BCUT2D eigenvalue weighted by Gasteiger charge is 2.12. The Labute approximate surface area is 63.1 Å². The van der Waals surface area contributed by atoms with Gasteiger partial charge >= 0.3 is 11.9 Å². The highest BCUT2D eigenvalue weighted by molar-refractivity contribution is 5.70. The van der Waals surface area contributed by atoms with Gasteiger partial charge in [0.05, 0.1) is 0 Å². The Morgan fingerprint density at radius 3 is 1.82 bits per heavy atom. The van der Waals surface area contributed by atoms with E-state index in [1.165, 1.54) is 0 Å². The number of hydrogen-bond acceptors (Lipinski definition) is 5. The van der Waals surface area contributed by atoms with Crippen LogP contribution in [0.25, 0.3) is 0 Å². The molecule has 62 valence electrons.